The fourth-order valence-corrected chi connectivity index (χ4v) is 4.14. The fourth-order valence-electron chi connectivity index (χ4n) is 4.14. The minimum atomic E-state index is -0.894. The number of carboxylic acid groups (broad SMARTS) is 1. The number of aliphatic carboxylic acids is 1. The molecule has 0 amide bonds. The van der Waals surface area contributed by atoms with Crippen LogP contribution in [0.3, 0.4) is 0 Å². The summed E-state index contributed by atoms with van der Waals surface area (Å²) < 4.78 is 6.02. The topological polar surface area (TPSA) is 139 Å². The standard InChI is InChI=1S/C24H27N5O3/c1-14(25)29-9-8-20(13-29)32-19-5-2-15(3-6-19)21(24(30)31)12-18-11-17-10-16(23(26)27)4-7-22(17)28-18/h2-7,10-11,20-21,25,28H,8-9,12-13H2,1H3,(H3,26,27)(H,30,31)/t20-,21?/m0/s1. The molecule has 166 valence electrons. The van der Waals surface area contributed by atoms with E-state index in [1.165, 1.54) is 0 Å². The summed E-state index contributed by atoms with van der Waals surface area (Å²) in [5, 5.41) is 26.1. The minimum Gasteiger partial charge on any atom is -0.489 e. The van der Waals surface area contributed by atoms with Crippen molar-refractivity contribution >= 4 is 28.5 Å². The largest absolute Gasteiger partial charge is 0.489 e. The number of ether oxygens (including phenoxy) is 1. The van der Waals surface area contributed by atoms with Crippen molar-refractivity contribution < 1.29 is 14.6 Å². The Labute approximate surface area is 186 Å². The van der Waals surface area contributed by atoms with Crippen LogP contribution >= 0.6 is 0 Å². The van der Waals surface area contributed by atoms with E-state index in [1.54, 1.807) is 25.1 Å². The maximum atomic E-state index is 12.0. The highest BCUT2D eigenvalue weighted by atomic mass is 16.5. The van der Waals surface area contributed by atoms with Crippen LogP contribution in [0.5, 0.6) is 5.75 Å². The Hall–Kier alpha value is -3.81. The number of carboxylic acids is 1. The van der Waals surface area contributed by atoms with Gasteiger partial charge < -0.3 is 25.5 Å². The summed E-state index contributed by atoms with van der Waals surface area (Å²) >= 11 is 0. The number of nitrogen functional groups attached to an aromatic ring is 1. The van der Waals surface area contributed by atoms with Crippen LogP contribution in [0.15, 0.2) is 48.5 Å². The van der Waals surface area contributed by atoms with Gasteiger partial charge in [-0.25, -0.2) is 0 Å². The summed E-state index contributed by atoms with van der Waals surface area (Å²) in [6.45, 7) is 3.29. The molecule has 8 nitrogen and oxygen atoms in total. The zero-order chi connectivity index (χ0) is 22.8. The zero-order valence-electron chi connectivity index (χ0n) is 17.9. The lowest BCUT2D eigenvalue weighted by Crippen LogP contribution is -2.28. The third-order valence-corrected chi connectivity index (χ3v) is 5.91. The molecule has 4 rings (SSSR count). The third-order valence-electron chi connectivity index (χ3n) is 5.91. The number of amidine groups is 2. The lowest BCUT2D eigenvalue weighted by Gasteiger charge is -2.18. The molecule has 2 heterocycles. The van der Waals surface area contributed by atoms with Gasteiger partial charge in [-0.05, 0) is 48.9 Å². The van der Waals surface area contributed by atoms with Gasteiger partial charge in [0.05, 0.1) is 18.3 Å². The van der Waals surface area contributed by atoms with Crippen LogP contribution in [0.25, 0.3) is 10.9 Å². The van der Waals surface area contributed by atoms with Crippen molar-refractivity contribution in [1.82, 2.24) is 9.88 Å². The molecule has 3 aromatic rings. The summed E-state index contributed by atoms with van der Waals surface area (Å²) in [5.74, 6) is -0.347. The van der Waals surface area contributed by atoms with Gasteiger partial charge in [0.1, 0.15) is 17.7 Å². The molecule has 1 unspecified atom stereocenters. The highest BCUT2D eigenvalue weighted by Crippen LogP contribution is 2.27. The summed E-state index contributed by atoms with van der Waals surface area (Å²) in [6, 6.07) is 14.6. The van der Waals surface area contributed by atoms with E-state index < -0.39 is 11.9 Å². The first-order valence-electron chi connectivity index (χ1n) is 10.6. The number of likely N-dealkylation sites (tertiary alicyclic amines) is 1. The predicted molar refractivity (Wildman–Crippen MR) is 124 cm³/mol. The van der Waals surface area contributed by atoms with Crippen LogP contribution < -0.4 is 10.5 Å². The monoisotopic (exact) mass is 433 g/mol. The number of rotatable bonds is 7. The summed E-state index contributed by atoms with van der Waals surface area (Å²) in [5.41, 5.74) is 8.59. The number of hydrogen-bond acceptors (Lipinski definition) is 4. The van der Waals surface area contributed by atoms with Crippen LogP contribution in [-0.2, 0) is 11.2 Å². The SMILES string of the molecule is CC(=N)N1CC[C@H](Oc2ccc(C(Cc3cc4cc(C(=N)N)ccc4[nH]3)C(=O)O)cc2)C1. The first-order valence-corrected chi connectivity index (χ1v) is 10.6. The molecule has 32 heavy (non-hydrogen) atoms. The van der Waals surface area contributed by atoms with Crippen LogP contribution in [0.2, 0.25) is 0 Å². The van der Waals surface area contributed by atoms with Gasteiger partial charge in [-0.15, -0.1) is 0 Å². The molecule has 2 atom stereocenters. The summed E-state index contributed by atoms with van der Waals surface area (Å²) in [7, 11) is 0. The van der Waals surface area contributed by atoms with Crippen molar-refractivity contribution in [2.24, 2.45) is 5.73 Å². The molecular formula is C24H27N5O3. The summed E-state index contributed by atoms with van der Waals surface area (Å²) in [6.07, 6.45) is 1.21. The van der Waals surface area contributed by atoms with E-state index in [-0.39, 0.29) is 11.9 Å². The number of nitrogens with one attached hydrogen (secondary N) is 3. The predicted octanol–water partition coefficient (Wildman–Crippen LogP) is 3.31. The molecule has 6 N–H and O–H groups in total. The Balaban J connectivity index is 1.47. The Kier molecular flexibility index (Phi) is 5.85. The highest BCUT2D eigenvalue weighted by molar-refractivity contribution is 5.98. The quantitative estimate of drug-likeness (QED) is 0.287. The second-order valence-electron chi connectivity index (χ2n) is 8.23. The molecule has 1 aromatic heterocycles. The number of benzene rings is 2. The van der Waals surface area contributed by atoms with Gasteiger partial charge in [0.2, 0.25) is 0 Å². The first-order chi connectivity index (χ1) is 15.3. The van der Waals surface area contributed by atoms with E-state index in [2.05, 4.69) is 4.98 Å². The molecular weight excluding hydrogens is 406 g/mol. The normalized spacial score (nSPS) is 16.8. The lowest BCUT2D eigenvalue weighted by atomic mass is 9.94. The van der Waals surface area contributed by atoms with Gasteiger partial charge >= 0.3 is 5.97 Å². The van der Waals surface area contributed by atoms with Crippen molar-refractivity contribution in [2.75, 3.05) is 13.1 Å². The number of carbonyl (C=O) groups is 1. The van der Waals surface area contributed by atoms with E-state index in [4.69, 9.17) is 21.3 Å². The Morgan fingerprint density at radius 2 is 2.00 bits per heavy atom. The summed E-state index contributed by atoms with van der Waals surface area (Å²) in [4.78, 5) is 17.3. The van der Waals surface area contributed by atoms with Gasteiger partial charge in [0, 0.05) is 41.5 Å². The third kappa shape index (κ3) is 4.59. The highest BCUT2D eigenvalue weighted by Gasteiger charge is 2.25. The van der Waals surface area contributed by atoms with Crippen molar-refractivity contribution in [3.8, 4) is 5.75 Å². The van der Waals surface area contributed by atoms with Crippen molar-refractivity contribution in [3.63, 3.8) is 0 Å². The van der Waals surface area contributed by atoms with Crippen LogP contribution in [0.4, 0.5) is 0 Å². The van der Waals surface area contributed by atoms with Gasteiger partial charge in [-0.1, -0.05) is 12.1 Å². The number of H-pyrrole nitrogens is 1. The van der Waals surface area contributed by atoms with Crippen molar-refractivity contribution in [1.29, 1.82) is 10.8 Å². The van der Waals surface area contributed by atoms with Crippen molar-refractivity contribution in [3.05, 3.63) is 65.4 Å². The first kappa shape index (κ1) is 21.4. The van der Waals surface area contributed by atoms with Gasteiger partial charge in [0.15, 0.2) is 0 Å². The molecule has 1 aliphatic rings. The number of aromatic amines is 1. The molecule has 0 aliphatic carbocycles. The van der Waals surface area contributed by atoms with Gasteiger partial charge in [0.25, 0.3) is 0 Å². The number of nitrogens with two attached hydrogens (primary N) is 1. The van der Waals surface area contributed by atoms with Gasteiger partial charge in [-0.2, -0.15) is 0 Å². The average molecular weight is 434 g/mol. The van der Waals surface area contributed by atoms with Gasteiger partial charge in [-0.3, -0.25) is 15.6 Å². The fraction of sp³-hybridized carbons (Fsp3) is 0.292. The molecule has 8 heteroatoms. The smallest absolute Gasteiger partial charge is 0.311 e. The molecule has 0 radical (unpaired) electrons. The van der Waals surface area contributed by atoms with E-state index in [1.807, 2.05) is 35.2 Å². The number of nitrogens with zero attached hydrogens (tertiary/aromatic N) is 1. The zero-order valence-corrected chi connectivity index (χ0v) is 17.9. The molecule has 1 saturated heterocycles. The maximum absolute atomic E-state index is 12.0. The minimum absolute atomic E-state index is 0.00126. The van der Waals surface area contributed by atoms with Crippen LogP contribution in [0.1, 0.15) is 36.1 Å². The second kappa shape index (κ2) is 8.74. The van der Waals surface area contributed by atoms with Crippen LogP contribution in [-0.4, -0.2) is 51.8 Å². The average Bonchev–Trinajstić information content (AvgIpc) is 3.38. The number of fused-ring (bicyclic) bond motifs is 1. The molecule has 2 aromatic carbocycles. The lowest BCUT2D eigenvalue weighted by molar-refractivity contribution is -0.138. The van der Waals surface area contributed by atoms with Crippen LogP contribution in [0, 0.1) is 10.8 Å². The molecule has 1 aliphatic heterocycles. The Morgan fingerprint density at radius 3 is 2.62 bits per heavy atom. The van der Waals surface area contributed by atoms with E-state index in [0.717, 1.165) is 29.6 Å². The van der Waals surface area contributed by atoms with E-state index >= 15 is 0 Å². The Morgan fingerprint density at radius 1 is 1.25 bits per heavy atom. The van der Waals surface area contributed by atoms with Crippen molar-refractivity contribution in [2.45, 2.75) is 31.8 Å². The van der Waals surface area contributed by atoms with E-state index in [9.17, 15) is 9.90 Å². The Bertz CT molecular complexity index is 1170. The molecule has 1 fully saturated rings. The second-order valence-corrected chi connectivity index (χ2v) is 8.23. The number of aromatic nitrogens is 1. The molecule has 0 bridgehead atoms. The van der Waals surface area contributed by atoms with E-state index in [0.29, 0.717) is 35.7 Å². The maximum Gasteiger partial charge on any atom is 0.311 e. The molecule has 0 saturated carbocycles. The number of hydrogen-bond donors (Lipinski definition) is 5. The molecule has 0 spiro atoms.